The van der Waals surface area contributed by atoms with Gasteiger partial charge in [-0.25, -0.2) is 0 Å². The minimum atomic E-state index is -0.413. The van der Waals surface area contributed by atoms with E-state index >= 15 is 0 Å². The maximum absolute atomic E-state index is 5.87. The Kier molecular flexibility index (Phi) is 4.42. The Hall–Kier alpha value is 0.610. The largest absolute Gasteiger partial charge is 1.00 e. The number of quaternary nitrogens is 1. The zero-order valence-electron chi connectivity index (χ0n) is 10.1. The molecule has 0 aromatic heterocycles. The Morgan fingerprint density at radius 3 is 1.93 bits per heavy atom. The van der Waals surface area contributed by atoms with E-state index in [1.807, 2.05) is 13.8 Å². The highest BCUT2D eigenvalue weighted by Crippen LogP contribution is 2.31. The third kappa shape index (κ3) is 4.42. The maximum atomic E-state index is 5.87. The molecule has 1 aliphatic rings. The number of halogens is 1. The van der Waals surface area contributed by atoms with Gasteiger partial charge in [0.2, 0.25) is 0 Å². The predicted molar refractivity (Wildman–Crippen MR) is 52.4 cm³/mol. The molecule has 14 heavy (non-hydrogen) atoms. The van der Waals surface area contributed by atoms with Gasteiger partial charge >= 0.3 is 0 Å². The topological polar surface area (TPSA) is 18.5 Å². The number of likely N-dealkylation sites (N-methyl/N-ethyl adjacent to an activating group) is 1. The van der Waals surface area contributed by atoms with Gasteiger partial charge in [-0.3, -0.25) is 0 Å². The van der Waals surface area contributed by atoms with Gasteiger partial charge in [0.1, 0.15) is 12.1 Å². The Balaban J connectivity index is 0.00000169. The average molecular weight is 315 g/mol. The summed E-state index contributed by atoms with van der Waals surface area (Å²) in [6, 6.07) is 0. The van der Waals surface area contributed by atoms with E-state index in [1.54, 1.807) is 0 Å². The van der Waals surface area contributed by atoms with Crippen molar-refractivity contribution in [3.05, 3.63) is 0 Å². The zero-order valence-corrected chi connectivity index (χ0v) is 12.2. The summed E-state index contributed by atoms with van der Waals surface area (Å²) in [6.07, 6.45) is 0. The summed E-state index contributed by atoms with van der Waals surface area (Å²) in [5.41, 5.74) is -0.137. The first-order chi connectivity index (χ1) is 5.62. The molecule has 0 aromatic rings. The smallest absolute Gasteiger partial charge is 0.164 e. The van der Waals surface area contributed by atoms with Crippen molar-refractivity contribution in [2.75, 3.05) is 34.3 Å². The first kappa shape index (κ1) is 14.6. The minimum Gasteiger partial charge on any atom is -1.00 e. The van der Waals surface area contributed by atoms with Crippen molar-refractivity contribution < 1.29 is 37.9 Å². The molecule has 0 aliphatic carbocycles. The van der Waals surface area contributed by atoms with E-state index in [2.05, 4.69) is 28.1 Å². The molecule has 0 radical (unpaired) electrons. The number of hydrogen-bond acceptors (Lipinski definition) is 2. The van der Waals surface area contributed by atoms with Crippen molar-refractivity contribution >= 4 is 0 Å². The molecular formula is C10H22INO2. The van der Waals surface area contributed by atoms with Gasteiger partial charge in [-0.05, 0) is 20.8 Å². The highest BCUT2D eigenvalue weighted by molar-refractivity contribution is 4.83. The highest BCUT2D eigenvalue weighted by Gasteiger charge is 2.45. The van der Waals surface area contributed by atoms with E-state index in [4.69, 9.17) is 9.47 Å². The van der Waals surface area contributed by atoms with Crippen molar-refractivity contribution in [1.82, 2.24) is 0 Å². The fraction of sp³-hybridized carbons (Fsp3) is 1.00. The van der Waals surface area contributed by atoms with Crippen LogP contribution in [0, 0.1) is 0 Å². The molecule has 1 heterocycles. The summed E-state index contributed by atoms with van der Waals surface area (Å²) in [7, 11) is 6.50. The molecule has 0 N–H and O–H groups in total. The van der Waals surface area contributed by atoms with Crippen LogP contribution in [0.1, 0.15) is 20.8 Å². The van der Waals surface area contributed by atoms with Crippen LogP contribution >= 0.6 is 0 Å². The SMILES string of the molecule is CC1(C[N+](C)(C)C)COC(C)(C)O1.[I-]. The van der Waals surface area contributed by atoms with Gasteiger partial charge in [-0.2, -0.15) is 0 Å². The number of ether oxygens (including phenoxy) is 2. The van der Waals surface area contributed by atoms with Gasteiger partial charge in [0.15, 0.2) is 5.79 Å². The van der Waals surface area contributed by atoms with Gasteiger partial charge in [-0.1, -0.05) is 0 Å². The zero-order chi connectivity index (χ0) is 10.3. The Morgan fingerprint density at radius 1 is 1.14 bits per heavy atom. The first-order valence-corrected chi connectivity index (χ1v) is 4.77. The van der Waals surface area contributed by atoms with E-state index in [1.165, 1.54) is 0 Å². The standard InChI is InChI=1S/C10H22NO2.HI/c1-9(2)12-8-10(3,13-9)7-11(4,5)6;/h7-8H2,1-6H3;1H/q+1;/p-1. The lowest BCUT2D eigenvalue weighted by atomic mass is 10.1. The molecule has 1 aliphatic heterocycles. The molecule has 4 heteroatoms. The monoisotopic (exact) mass is 315 g/mol. The number of hydrogen-bond donors (Lipinski definition) is 0. The third-order valence-corrected chi connectivity index (χ3v) is 2.03. The summed E-state index contributed by atoms with van der Waals surface area (Å²) in [6.45, 7) is 7.71. The van der Waals surface area contributed by atoms with Crippen LogP contribution in [0.5, 0.6) is 0 Å². The van der Waals surface area contributed by atoms with Crippen LogP contribution in [-0.4, -0.2) is 50.2 Å². The summed E-state index contributed by atoms with van der Waals surface area (Å²) < 4.78 is 12.3. The summed E-state index contributed by atoms with van der Waals surface area (Å²) >= 11 is 0. The van der Waals surface area contributed by atoms with Crippen LogP contribution in [0.15, 0.2) is 0 Å². The minimum absolute atomic E-state index is 0. The van der Waals surface area contributed by atoms with Gasteiger partial charge in [0, 0.05) is 0 Å². The van der Waals surface area contributed by atoms with Crippen LogP contribution in [0.3, 0.4) is 0 Å². The van der Waals surface area contributed by atoms with Crippen molar-refractivity contribution in [2.45, 2.75) is 32.2 Å². The van der Waals surface area contributed by atoms with E-state index in [0.29, 0.717) is 6.61 Å². The second kappa shape index (κ2) is 4.23. The fourth-order valence-corrected chi connectivity index (χ4v) is 2.06. The van der Waals surface area contributed by atoms with Crippen molar-refractivity contribution in [3.8, 4) is 0 Å². The predicted octanol–water partition coefficient (Wildman–Crippen LogP) is -1.76. The quantitative estimate of drug-likeness (QED) is 0.444. The second-order valence-electron chi connectivity index (χ2n) is 5.69. The van der Waals surface area contributed by atoms with E-state index in [0.717, 1.165) is 11.0 Å². The fourth-order valence-electron chi connectivity index (χ4n) is 2.06. The molecule has 0 saturated carbocycles. The Morgan fingerprint density at radius 2 is 1.64 bits per heavy atom. The molecule has 0 spiro atoms. The summed E-state index contributed by atoms with van der Waals surface area (Å²) in [5, 5.41) is 0. The molecule has 1 saturated heterocycles. The molecule has 86 valence electrons. The van der Waals surface area contributed by atoms with E-state index in [-0.39, 0.29) is 29.6 Å². The van der Waals surface area contributed by atoms with Gasteiger partial charge < -0.3 is 37.9 Å². The molecule has 0 aromatic carbocycles. The van der Waals surface area contributed by atoms with Crippen molar-refractivity contribution in [3.63, 3.8) is 0 Å². The first-order valence-electron chi connectivity index (χ1n) is 4.77. The lowest BCUT2D eigenvalue weighted by Crippen LogP contribution is -3.00. The lowest BCUT2D eigenvalue weighted by Gasteiger charge is -2.33. The number of nitrogens with zero attached hydrogens (tertiary/aromatic N) is 1. The van der Waals surface area contributed by atoms with Crippen LogP contribution < -0.4 is 24.0 Å². The molecular weight excluding hydrogens is 293 g/mol. The number of rotatable bonds is 2. The molecule has 1 atom stereocenters. The summed E-state index contributed by atoms with van der Waals surface area (Å²) in [5.74, 6) is -0.413. The molecule has 1 rings (SSSR count). The lowest BCUT2D eigenvalue weighted by molar-refractivity contribution is -0.876. The van der Waals surface area contributed by atoms with Gasteiger partial charge in [0.25, 0.3) is 0 Å². The normalized spacial score (nSPS) is 31.3. The van der Waals surface area contributed by atoms with Crippen molar-refractivity contribution in [1.29, 1.82) is 0 Å². The Labute approximate surface area is 104 Å². The molecule has 1 fully saturated rings. The maximum Gasteiger partial charge on any atom is 0.164 e. The highest BCUT2D eigenvalue weighted by atomic mass is 127. The molecule has 0 bridgehead atoms. The molecule has 1 unspecified atom stereocenters. The van der Waals surface area contributed by atoms with Crippen LogP contribution in [0.2, 0.25) is 0 Å². The molecule has 0 amide bonds. The van der Waals surface area contributed by atoms with Gasteiger partial charge in [0.05, 0.1) is 27.7 Å². The van der Waals surface area contributed by atoms with Crippen LogP contribution in [0.4, 0.5) is 0 Å². The Bertz CT molecular complexity index is 201. The van der Waals surface area contributed by atoms with E-state index in [9.17, 15) is 0 Å². The van der Waals surface area contributed by atoms with Crippen LogP contribution in [-0.2, 0) is 9.47 Å². The van der Waals surface area contributed by atoms with Gasteiger partial charge in [-0.15, -0.1) is 0 Å². The average Bonchev–Trinajstić information content (AvgIpc) is 2.00. The molecule has 3 nitrogen and oxygen atoms in total. The van der Waals surface area contributed by atoms with Crippen LogP contribution in [0.25, 0.3) is 0 Å². The second-order valence-corrected chi connectivity index (χ2v) is 5.69. The summed E-state index contributed by atoms with van der Waals surface area (Å²) in [4.78, 5) is 0. The third-order valence-electron chi connectivity index (χ3n) is 2.03. The van der Waals surface area contributed by atoms with Crippen molar-refractivity contribution in [2.24, 2.45) is 0 Å². The van der Waals surface area contributed by atoms with E-state index < -0.39 is 5.79 Å².